The molecule has 0 radical (unpaired) electrons. The fraction of sp³-hybridized carbons (Fsp3) is 0.273. The van der Waals surface area contributed by atoms with Gasteiger partial charge >= 0.3 is 0 Å². The van der Waals surface area contributed by atoms with Crippen molar-refractivity contribution in [3.63, 3.8) is 0 Å². The van der Waals surface area contributed by atoms with Crippen LogP contribution in [0.2, 0.25) is 0 Å². The van der Waals surface area contributed by atoms with E-state index in [9.17, 15) is 0 Å². The van der Waals surface area contributed by atoms with Crippen LogP contribution in [0.25, 0.3) is 10.4 Å². The molecule has 0 unspecified atom stereocenters. The highest BCUT2D eigenvalue weighted by molar-refractivity contribution is 8.93. The summed E-state index contributed by atoms with van der Waals surface area (Å²) in [5.41, 5.74) is 9.88. The summed E-state index contributed by atoms with van der Waals surface area (Å²) in [6.45, 7) is 5.97. The third-order valence-electron chi connectivity index (χ3n) is 2.16. The molecule has 2 N–H and O–H groups in total. The number of nitrogens with two attached hydrogens (primary N) is 1. The van der Waals surface area contributed by atoms with Gasteiger partial charge in [-0.1, -0.05) is 11.3 Å². The average molecular weight is 300 g/mol. The highest BCUT2D eigenvalue weighted by Gasteiger charge is 2.08. The Bertz CT molecular complexity index is 488. The predicted octanol–water partition coefficient (Wildman–Crippen LogP) is 3.29. The highest BCUT2D eigenvalue weighted by atomic mass is 79.9. The fourth-order valence-corrected chi connectivity index (χ4v) is 2.47. The van der Waals surface area contributed by atoms with Crippen LogP contribution in [0.3, 0.4) is 0 Å². The van der Waals surface area contributed by atoms with E-state index in [2.05, 4.69) is 22.1 Å². The van der Waals surface area contributed by atoms with Crippen molar-refractivity contribution < 1.29 is 0 Å². The topological polar surface area (TPSA) is 51.8 Å². The molecule has 3 nitrogen and oxygen atoms in total. The van der Waals surface area contributed by atoms with Crippen LogP contribution in [0.4, 0.5) is 5.13 Å². The Kier molecular flexibility index (Phi) is 4.04. The third-order valence-corrected chi connectivity index (χ3v) is 3.19. The molecule has 86 valence electrons. The molecular weight excluding hydrogens is 286 g/mol. The first kappa shape index (κ1) is 13.1. The van der Waals surface area contributed by atoms with Crippen LogP contribution in [0.5, 0.6) is 0 Å². The van der Waals surface area contributed by atoms with Crippen LogP contribution in [0.1, 0.15) is 17.1 Å². The molecule has 5 heteroatoms. The second-order valence-electron chi connectivity index (χ2n) is 3.61. The number of aryl methyl sites for hydroxylation is 3. The molecule has 0 atom stereocenters. The monoisotopic (exact) mass is 299 g/mol. The summed E-state index contributed by atoms with van der Waals surface area (Å²) in [7, 11) is 0. The van der Waals surface area contributed by atoms with Crippen LogP contribution in [-0.2, 0) is 0 Å². The molecule has 0 fully saturated rings. The lowest BCUT2D eigenvalue weighted by atomic mass is 10.1. The molecule has 2 heterocycles. The second-order valence-corrected chi connectivity index (χ2v) is 4.64. The summed E-state index contributed by atoms with van der Waals surface area (Å²) in [4.78, 5) is 9.71. The van der Waals surface area contributed by atoms with E-state index in [-0.39, 0.29) is 17.0 Å². The maximum atomic E-state index is 5.68. The summed E-state index contributed by atoms with van der Waals surface area (Å²) in [5.74, 6) is 0. The highest BCUT2D eigenvalue weighted by Crippen LogP contribution is 2.31. The molecule has 0 aromatic carbocycles. The Morgan fingerprint density at radius 2 is 1.62 bits per heavy atom. The maximum Gasteiger partial charge on any atom is 0.180 e. The second kappa shape index (κ2) is 4.93. The van der Waals surface area contributed by atoms with E-state index in [0.717, 1.165) is 27.5 Å². The van der Waals surface area contributed by atoms with Gasteiger partial charge in [-0.3, -0.25) is 4.98 Å². The van der Waals surface area contributed by atoms with Crippen molar-refractivity contribution in [2.24, 2.45) is 0 Å². The zero-order chi connectivity index (χ0) is 11.0. The summed E-state index contributed by atoms with van der Waals surface area (Å²) in [6, 6.07) is 4.12. The number of aromatic nitrogens is 2. The van der Waals surface area contributed by atoms with Crippen molar-refractivity contribution in [2.75, 3.05) is 5.73 Å². The number of halogens is 1. The molecule has 0 bridgehead atoms. The molecule has 0 aliphatic rings. The van der Waals surface area contributed by atoms with Crippen LogP contribution >= 0.6 is 28.3 Å². The first-order valence-corrected chi connectivity index (χ1v) is 5.56. The lowest BCUT2D eigenvalue weighted by Crippen LogP contribution is -1.87. The van der Waals surface area contributed by atoms with Gasteiger partial charge in [0.15, 0.2) is 5.13 Å². The van der Waals surface area contributed by atoms with Crippen molar-refractivity contribution in [2.45, 2.75) is 20.8 Å². The molecule has 16 heavy (non-hydrogen) atoms. The van der Waals surface area contributed by atoms with Gasteiger partial charge in [0.25, 0.3) is 0 Å². The molecule has 0 aliphatic heterocycles. The average Bonchev–Trinajstić information content (AvgIpc) is 2.43. The molecular formula is C11H14BrN3S. The van der Waals surface area contributed by atoms with Crippen LogP contribution < -0.4 is 5.73 Å². The van der Waals surface area contributed by atoms with E-state index in [1.54, 1.807) is 0 Å². The smallest absolute Gasteiger partial charge is 0.180 e. The largest absolute Gasteiger partial charge is 0.375 e. The van der Waals surface area contributed by atoms with E-state index >= 15 is 0 Å². The van der Waals surface area contributed by atoms with E-state index in [1.807, 2.05) is 20.8 Å². The Hall–Kier alpha value is -0.940. The van der Waals surface area contributed by atoms with E-state index in [1.165, 1.54) is 11.3 Å². The van der Waals surface area contributed by atoms with E-state index < -0.39 is 0 Å². The summed E-state index contributed by atoms with van der Waals surface area (Å²) >= 11 is 1.52. The number of nitrogens with zero attached hydrogens (tertiary/aromatic N) is 2. The first-order valence-electron chi connectivity index (χ1n) is 4.75. The van der Waals surface area contributed by atoms with Gasteiger partial charge in [-0.25, -0.2) is 4.98 Å². The Labute approximate surface area is 110 Å². The van der Waals surface area contributed by atoms with Crippen LogP contribution in [-0.4, -0.2) is 9.97 Å². The van der Waals surface area contributed by atoms with Gasteiger partial charge in [-0.15, -0.1) is 17.0 Å². The molecule has 0 aliphatic carbocycles. The number of rotatable bonds is 1. The van der Waals surface area contributed by atoms with Gasteiger partial charge in [0.2, 0.25) is 0 Å². The van der Waals surface area contributed by atoms with Crippen LogP contribution in [0.15, 0.2) is 12.1 Å². The minimum absolute atomic E-state index is 0. The number of nitrogen functional groups attached to an aromatic ring is 1. The molecule has 0 amide bonds. The molecule has 2 aromatic heterocycles. The SMILES string of the molecule is Br.Cc1cc(-c2sc(N)nc2C)cc(C)n1. The number of thiazole rings is 1. The standard InChI is InChI=1S/C11H13N3S.BrH/c1-6-4-9(5-7(2)13-6)10-8(3)14-11(12)15-10;/h4-5H,1-3H3,(H2,12,14);1H. The van der Waals surface area contributed by atoms with Crippen molar-refractivity contribution in [1.82, 2.24) is 9.97 Å². The van der Waals surface area contributed by atoms with Gasteiger partial charge in [-0.2, -0.15) is 0 Å². The van der Waals surface area contributed by atoms with E-state index in [4.69, 9.17) is 5.73 Å². The molecule has 0 saturated heterocycles. The quantitative estimate of drug-likeness (QED) is 0.879. The van der Waals surface area contributed by atoms with E-state index in [0.29, 0.717) is 5.13 Å². The molecule has 0 spiro atoms. The van der Waals surface area contributed by atoms with Gasteiger partial charge < -0.3 is 5.73 Å². The first-order chi connectivity index (χ1) is 7.06. The van der Waals surface area contributed by atoms with Crippen molar-refractivity contribution >= 4 is 33.4 Å². The predicted molar refractivity (Wildman–Crippen MR) is 74.3 cm³/mol. The molecule has 2 rings (SSSR count). The Balaban J connectivity index is 0.00000128. The van der Waals surface area contributed by atoms with Crippen molar-refractivity contribution in [3.8, 4) is 10.4 Å². The zero-order valence-corrected chi connectivity index (χ0v) is 12.0. The zero-order valence-electron chi connectivity index (χ0n) is 9.44. The fourth-order valence-electron chi connectivity index (χ4n) is 1.65. The van der Waals surface area contributed by atoms with Gasteiger partial charge in [0.05, 0.1) is 10.6 Å². The molecule has 2 aromatic rings. The number of hydrogen-bond acceptors (Lipinski definition) is 4. The van der Waals surface area contributed by atoms with Crippen LogP contribution in [0, 0.1) is 20.8 Å². The maximum absolute atomic E-state index is 5.68. The lowest BCUT2D eigenvalue weighted by molar-refractivity contribution is 1.12. The number of pyridine rings is 1. The van der Waals surface area contributed by atoms with Crippen molar-refractivity contribution in [1.29, 1.82) is 0 Å². The summed E-state index contributed by atoms with van der Waals surface area (Å²) < 4.78 is 0. The summed E-state index contributed by atoms with van der Waals surface area (Å²) in [6.07, 6.45) is 0. The normalized spacial score (nSPS) is 9.94. The number of anilines is 1. The van der Waals surface area contributed by atoms with Crippen molar-refractivity contribution in [3.05, 3.63) is 29.2 Å². The minimum atomic E-state index is 0. The van der Waals surface area contributed by atoms with Gasteiger partial charge in [-0.05, 0) is 38.5 Å². The Morgan fingerprint density at radius 3 is 2.06 bits per heavy atom. The lowest BCUT2D eigenvalue weighted by Gasteiger charge is -2.02. The van der Waals surface area contributed by atoms with Gasteiger partial charge in [0.1, 0.15) is 0 Å². The molecule has 0 saturated carbocycles. The minimum Gasteiger partial charge on any atom is -0.375 e. The third kappa shape index (κ3) is 2.59. The summed E-state index contributed by atoms with van der Waals surface area (Å²) in [5, 5.41) is 0.620. The Morgan fingerprint density at radius 1 is 1.06 bits per heavy atom. The van der Waals surface area contributed by atoms with Gasteiger partial charge in [0, 0.05) is 11.4 Å². The number of hydrogen-bond donors (Lipinski definition) is 1.